The molecule has 8 nitrogen and oxygen atoms in total. The van der Waals surface area contributed by atoms with E-state index in [1.807, 2.05) is 4.90 Å². The van der Waals surface area contributed by atoms with Gasteiger partial charge in [0.1, 0.15) is 5.82 Å². The number of nitrogens with one attached hydrogen (secondary N) is 1. The number of pyridine rings is 1. The summed E-state index contributed by atoms with van der Waals surface area (Å²) in [6.45, 7) is 2.67. The number of rotatable bonds is 4. The summed E-state index contributed by atoms with van der Waals surface area (Å²) in [7, 11) is 0. The SMILES string of the molecule is Nc1cccc(Nc2nc(N3CCOCC3)ccc2[N+](=O)[O-])c1. The Morgan fingerprint density at radius 2 is 2.04 bits per heavy atom. The molecule has 0 radical (unpaired) electrons. The van der Waals surface area contributed by atoms with Gasteiger partial charge < -0.3 is 20.7 Å². The highest BCUT2D eigenvalue weighted by Gasteiger charge is 2.20. The fourth-order valence-electron chi connectivity index (χ4n) is 2.40. The van der Waals surface area contributed by atoms with Gasteiger partial charge in [0.25, 0.3) is 0 Å². The van der Waals surface area contributed by atoms with Crippen molar-refractivity contribution in [1.82, 2.24) is 4.98 Å². The summed E-state index contributed by atoms with van der Waals surface area (Å²) in [4.78, 5) is 17.2. The average Bonchev–Trinajstić information content (AvgIpc) is 2.55. The van der Waals surface area contributed by atoms with E-state index in [2.05, 4.69) is 10.3 Å². The second-order valence-corrected chi connectivity index (χ2v) is 5.14. The number of hydrogen-bond acceptors (Lipinski definition) is 7. The molecule has 0 saturated carbocycles. The quantitative estimate of drug-likeness (QED) is 0.505. The summed E-state index contributed by atoms with van der Waals surface area (Å²) >= 11 is 0. The second-order valence-electron chi connectivity index (χ2n) is 5.14. The van der Waals surface area contributed by atoms with E-state index in [1.54, 1.807) is 30.3 Å². The van der Waals surface area contributed by atoms with Crippen molar-refractivity contribution in [3.05, 3.63) is 46.5 Å². The zero-order valence-electron chi connectivity index (χ0n) is 12.4. The Balaban J connectivity index is 1.93. The fourth-order valence-corrected chi connectivity index (χ4v) is 2.40. The predicted molar refractivity (Wildman–Crippen MR) is 88.1 cm³/mol. The maximum atomic E-state index is 11.2. The topological polar surface area (TPSA) is 107 Å². The first-order valence-corrected chi connectivity index (χ1v) is 7.24. The molecule has 1 aliphatic rings. The molecule has 1 aromatic heterocycles. The third-order valence-corrected chi connectivity index (χ3v) is 3.54. The molecule has 1 saturated heterocycles. The lowest BCUT2D eigenvalue weighted by molar-refractivity contribution is -0.384. The van der Waals surface area contributed by atoms with Gasteiger partial charge in [-0.15, -0.1) is 0 Å². The zero-order chi connectivity index (χ0) is 16.2. The molecule has 23 heavy (non-hydrogen) atoms. The van der Waals surface area contributed by atoms with Crippen molar-refractivity contribution in [3.8, 4) is 0 Å². The van der Waals surface area contributed by atoms with Crippen LogP contribution in [0.25, 0.3) is 0 Å². The minimum absolute atomic E-state index is 0.0792. The molecular weight excluding hydrogens is 298 g/mol. The van der Waals surface area contributed by atoms with Gasteiger partial charge >= 0.3 is 5.69 Å². The lowest BCUT2D eigenvalue weighted by atomic mass is 10.2. The molecule has 2 heterocycles. The molecule has 8 heteroatoms. The van der Waals surface area contributed by atoms with Crippen molar-refractivity contribution in [2.75, 3.05) is 42.3 Å². The molecule has 120 valence electrons. The minimum atomic E-state index is -0.454. The summed E-state index contributed by atoms with van der Waals surface area (Å²) in [5.41, 5.74) is 6.89. The Hall–Kier alpha value is -2.87. The van der Waals surface area contributed by atoms with Crippen LogP contribution >= 0.6 is 0 Å². The van der Waals surface area contributed by atoms with Crippen LogP contribution in [-0.2, 0) is 4.74 Å². The van der Waals surface area contributed by atoms with Crippen LogP contribution < -0.4 is 16.0 Å². The molecule has 0 bridgehead atoms. The molecule has 3 rings (SSSR count). The number of nitrogen functional groups attached to an aromatic ring is 1. The van der Waals surface area contributed by atoms with E-state index in [1.165, 1.54) is 6.07 Å². The van der Waals surface area contributed by atoms with E-state index in [4.69, 9.17) is 10.5 Å². The second kappa shape index (κ2) is 6.49. The average molecular weight is 315 g/mol. The molecule has 0 unspecified atom stereocenters. The summed E-state index contributed by atoms with van der Waals surface area (Å²) in [6, 6.07) is 10.1. The smallest absolute Gasteiger partial charge is 0.311 e. The van der Waals surface area contributed by atoms with Crippen LogP contribution in [0.5, 0.6) is 0 Å². The van der Waals surface area contributed by atoms with Crippen molar-refractivity contribution in [3.63, 3.8) is 0 Å². The van der Waals surface area contributed by atoms with Crippen LogP contribution in [-0.4, -0.2) is 36.2 Å². The van der Waals surface area contributed by atoms with Crippen LogP contribution in [0.1, 0.15) is 0 Å². The molecule has 0 atom stereocenters. The highest BCUT2D eigenvalue weighted by molar-refractivity contribution is 5.69. The van der Waals surface area contributed by atoms with Gasteiger partial charge in [0, 0.05) is 30.5 Å². The monoisotopic (exact) mass is 315 g/mol. The number of ether oxygens (including phenoxy) is 1. The molecule has 2 aromatic rings. The number of benzene rings is 1. The Bertz CT molecular complexity index is 716. The Morgan fingerprint density at radius 1 is 1.26 bits per heavy atom. The normalized spacial score (nSPS) is 14.5. The Labute approximate surface area is 133 Å². The first-order valence-electron chi connectivity index (χ1n) is 7.24. The largest absolute Gasteiger partial charge is 0.399 e. The van der Waals surface area contributed by atoms with Crippen molar-refractivity contribution in [2.45, 2.75) is 0 Å². The van der Waals surface area contributed by atoms with E-state index in [0.717, 1.165) is 0 Å². The molecule has 0 spiro atoms. The van der Waals surface area contributed by atoms with Gasteiger partial charge in [0.05, 0.1) is 18.1 Å². The van der Waals surface area contributed by atoms with Crippen molar-refractivity contribution in [1.29, 1.82) is 0 Å². The van der Waals surface area contributed by atoms with Crippen molar-refractivity contribution >= 4 is 28.7 Å². The lowest BCUT2D eigenvalue weighted by Gasteiger charge is -2.28. The van der Waals surface area contributed by atoms with Gasteiger partial charge in [-0.05, 0) is 24.3 Å². The lowest BCUT2D eigenvalue weighted by Crippen LogP contribution is -2.36. The molecule has 1 fully saturated rings. The van der Waals surface area contributed by atoms with Crippen LogP contribution in [0.2, 0.25) is 0 Å². The highest BCUT2D eigenvalue weighted by atomic mass is 16.6. The highest BCUT2D eigenvalue weighted by Crippen LogP contribution is 2.29. The standard InChI is InChI=1S/C15H17N5O3/c16-11-2-1-3-12(10-11)17-15-13(20(21)22)4-5-14(18-15)19-6-8-23-9-7-19/h1-5,10H,6-9,16H2,(H,17,18). The van der Waals surface area contributed by atoms with Crippen LogP contribution in [0.15, 0.2) is 36.4 Å². The van der Waals surface area contributed by atoms with Gasteiger partial charge in [0.2, 0.25) is 5.82 Å². The predicted octanol–water partition coefficient (Wildman–Crippen LogP) is 2.15. The number of morpholine rings is 1. The summed E-state index contributed by atoms with van der Waals surface area (Å²) in [6.07, 6.45) is 0. The molecule has 0 amide bonds. The minimum Gasteiger partial charge on any atom is -0.399 e. The molecular formula is C15H17N5O3. The van der Waals surface area contributed by atoms with Gasteiger partial charge in [-0.2, -0.15) is 0 Å². The van der Waals surface area contributed by atoms with Gasteiger partial charge in [-0.3, -0.25) is 10.1 Å². The summed E-state index contributed by atoms with van der Waals surface area (Å²) in [5, 5.41) is 14.2. The number of nitro groups is 1. The molecule has 0 aliphatic carbocycles. The third-order valence-electron chi connectivity index (χ3n) is 3.54. The number of hydrogen-bond donors (Lipinski definition) is 2. The van der Waals surface area contributed by atoms with E-state index in [-0.39, 0.29) is 11.5 Å². The van der Waals surface area contributed by atoms with E-state index in [9.17, 15) is 10.1 Å². The maximum absolute atomic E-state index is 11.2. The van der Waals surface area contributed by atoms with E-state index < -0.39 is 4.92 Å². The zero-order valence-corrected chi connectivity index (χ0v) is 12.4. The number of aromatic nitrogens is 1. The maximum Gasteiger partial charge on any atom is 0.311 e. The third kappa shape index (κ3) is 3.49. The van der Waals surface area contributed by atoms with Crippen LogP contribution in [0.4, 0.5) is 28.7 Å². The summed E-state index contributed by atoms with van der Waals surface area (Å²) in [5.74, 6) is 0.884. The fraction of sp³-hybridized carbons (Fsp3) is 0.267. The molecule has 3 N–H and O–H groups in total. The van der Waals surface area contributed by atoms with Crippen LogP contribution in [0, 0.1) is 10.1 Å². The first kappa shape index (κ1) is 15.0. The number of nitrogens with two attached hydrogens (primary N) is 1. The van der Waals surface area contributed by atoms with Gasteiger partial charge in [0.15, 0.2) is 0 Å². The van der Waals surface area contributed by atoms with Gasteiger partial charge in [-0.25, -0.2) is 4.98 Å². The molecule has 1 aromatic carbocycles. The first-order chi connectivity index (χ1) is 11.1. The summed E-state index contributed by atoms with van der Waals surface area (Å²) < 4.78 is 5.32. The van der Waals surface area contributed by atoms with E-state index in [0.29, 0.717) is 43.5 Å². The number of nitrogens with zero attached hydrogens (tertiary/aromatic N) is 3. The Kier molecular flexibility index (Phi) is 4.24. The van der Waals surface area contributed by atoms with E-state index >= 15 is 0 Å². The van der Waals surface area contributed by atoms with Crippen molar-refractivity contribution < 1.29 is 9.66 Å². The molecule has 1 aliphatic heterocycles. The number of anilines is 4. The van der Waals surface area contributed by atoms with Crippen LogP contribution in [0.3, 0.4) is 0 Å². The Morgan fingerprint density at radius 3 is 2.74 bits per heavy atom. The van der Waals surface area contributed by atoms with Crippen molar-refractivity contribution in [2.24, 2.45) is 0 Å². The van der Waals surface area contributed by atoms with Gasteiger partial charge in [-0.1, -0.05) is 6.07 Å².